The van der Waals surface area contributed by atoms with Gasteiger partial charge in [-0.05, 0) is 30.6 Å². The topological polar surface area (TPSA) is 38.7 Å². The van der Waals surface area contributed by atoms with Crippen LogP contribution in [0.1, 0.15) is 40.0 Å². The van der Waals surface area contributed by atoms with Crippen LogP contribution in [0.15, 0.2) is 0 Å². The number of hydrogen-bond donors (Lipinski definition) is 1. The summed E-state index contributed by atoms with van der Waals surface area (Å²) in [6.45, 7) is 7.58. The molecular weight excluding hydrogens is 216 g/mol. The summed E-state index contributed by atoms with van der Waals surface area (Å²) in [6, 6.07) is 0. The van der Waals surface area contributed by atoms with Crippen LogP contribution in [-0.2, 0) is 9.47 Å². The number of methoxy groups -OCH3 is 1. The second kappa shape index (κ2) is 7.34. The van der Waals surface area contributed by atoms with Gasteiger partial charge in [0.05, 0.1) is 19.3 Å². The number of aliphatic hydroxyl groups excluding tert-OH is 1. The number of ether oxygens (including phenoxy) is 2. The molecule has 4 unspecified atom stereocenters. The maximum atomic E-state index is 9.62. The van der Waals surface area contributed by atoms with Crippen molar-refractivity contribution in [2.75, 3.05) is 20.3 Å². The molecule has 4 atom stereocenters. The molecule has 1 aliphatic carbocycles. The molecule has 1 rings (SSSR count). The van der Waals surface area contributed by atoms with Crippen molar-refractivity contribution in [2.24, 2.45) is 17.8 Å². The minimum Gasteiger partial charge on any atom is -0.388 e. The highest BCUT2D eigenvalue weighted by Crippen LogP contribution is 2.35. The zero-order chi connectivity index (χ0) is 12.8. The fourth-order valence-electron chi connectivity index (χ4n) is 2.78. The summed E-state index contributed by atoms with van der Waals surface area (Å²) < 4.78 is 10.8. The van der Waals surface area contributed by atoms with E-state index in [2.05, 4.69) is 20.8 Å². The third-order valence-electron chi connectivity index (χ3n) is 3.82. The largest absolute Gasteiger partial charge is 0.388 e. The predicted molar refractivity (Wildman–Crippen MR) is 69.0 cm³/mol. The lowest BCUT2D eigenvalue weighted by Crippen LogP contribution is -2.36. The van der Waals surface area contributed by atoms with Crippen molar-refractivity contribution in [2.45, 2.75) is 52.2 Å². The van der Waals surface area contributed by atoms with Crippen molar-refractivity contribution < 1.29 is 14.6 Å². The molecule has 0 heterocycles. The second-order valence-electron chi connectivity index (χ2n) is 5.81. The lowest BCUT2D eigenvalue weighted by atomic mass is 9.75. The monoisotopic (exact) mass is 244 g/mol. The van der Waals surface area contributed by atoms with Crippen molar-refractivity contribution in [3.8, 4) is 0 Å². The van der Waals surface area contributed by atoms with Crippen LogP contribution >= 0.6 is 0 Å². The molecule has 0 aliphatic heterocycles. The SMILES string of the molecule is COCC(O)COC1CC(C)CCC1C(C)C. The van der Waals surface area contributed by atoms with E-state index in [1.807, 2.05) is 0 Å². The molecule has 0 aromatic heterocycles. The normalized spacial score (nSPS) is 31.8. The molecule has 102 valence electrons. The lowest BCUT2D eigenvalue weighted by molar-refractivity contribution is -0.0810. The van der Waals surface area contributed by atoms with Crippen LogP contribution in [0.3, 0.4) is 0 Å². The highest BCUT2D eigenvalue weighted by atomic mass is 16.5. The Labute approximate surface area is 105 Å². The van der Waals surface area contributed by atoms with Crippen LogP contribution < -0.4 is 0 Å². The molecule has 1 aliphatic rings. The van der Waals surface area contributed by atoms with Gasteiger partial charge < -0.3 is 14.6 Å². The van der Waals surface area contributed by atoms with Crippen LogP contribution in [0.25, 0.3) is 0 Å². The standard InChI is InChI=1S/C14H28O3/c1-10(2)13-6-5-11(3)7-14(13)17-9-12(15)8-16-4/h10-15H,5-9H2,1-4H3. The Morgan fingerprint density at radius 2 is 1.94 bits per heavy atom. The Kier molecular flexibility index (Phi) is 6.45. The van der Waals surface area contributed by atoms with Crippen molar-refractivity contribution in [3.05, 3.63) is 0 Å². The smallest absolute Gasteiger partial charge is 0.101 e. The molecule has 1 fully saturated rings. The minimum atomic E-state index is -0.495. The Hall–Kier alpha value is -0.120. The van der Waals surface area contributed by atoms with Crippen molar-refractivity contribution in [1.29, 1.82) is 0 Å². The minimum absolute atomic E-state index is 0.310. The molecule has 17 heavy (non-hydrogen) atoms. The first-order chi connectivity index (χ1) is 8.04. The fraction of sp³-hybridized carbons (Fsp3) is 1.00. The van der Waals surface area contributed by atoms with Crippen molar-refractivity contribution in [1.82, 2.24) is 0 Å². The number of aliphatic hydroxyl groups is 1. The van der Waals surface area contributed by atoms with Crippen LogP contribution in [0, 0.1) is 17.8 Å². The maximum Gasteiger partial charge on any atom is 0.101 e. The average molecular weight is 244 g/mol. The number of hydrogen-bond acceptors (Lipinski definition) is 3. The molecule has 0 saturated heterocycles. The summed E-state index contributed by atoms with van der Waals surface area (Å²) in [5.41, 5.74) is 0. The molecule has 0 aromatic carbocycles. The summed E-state index contributed by atoms with van der Waals surface area (Å²) in [5, 5.41) is 9.62. The Bertz CT molecular complexity index is 206. The van der Waals surface area contributed by atoms with E-state index >= 15 is 0 Å². The first-order valence-corrected chi connectivity index (χ1v) is 6.83. The van der Waals surface area contributed by atoms with Gasteiger partial charge in [0.2, 0.25) is 0 Å². The van der Waals surface area contributed by atoms with E-state index in [1.165, 1.54) is 12.8 Å². The van der Waals surface area contributed by atoms with E-state index in [0.29, 0.717) is 31.2 Å². The van der Waals surface area contributed by atoms with Gasteiger partial charge in [-0.3, -0.25) is 0 Å². The van der Waals surface area contributed by atoms with E-state index in [9.17, 15) is 5.11 Å². The molecule has 0 radical (unpaired) electrons. The van der Waals surface area contributed by atoms with Crippen LogP contribution in [0.5, 0.6) is 0 Å². The third-order valence-corrected chi connectivity index (χ3v) is 3.82. The molecule has 0 amide bonds. The molecule has 1 saturated carbocycles. The summed E-state index contributed by atoms with van der Waals surface area (Å²) in [5.74, 6) is 2.04. The summed E-state index contributed by atoms with van der Waals surface area (Å²) in [6.07, 6.45) is 3.51. The fourth-order valence-corrected chi connectivity index (χ4v) is 2.78. The summed E-state index contributed by atoms with van der Waals surface area (Å²) in [4.78, 5) is 0. The van der Waals surface area contributed by atoms with Gasteiger partial charge in [0, 0.05) is 7.11 Å². The van der Waals surface area contributed by atoms with E-state index in [4.69, 9.17) is 9.47 Å². The number of rotatable bonds is 6. The van der Waals surface area contributed by atoms with Gasteiger partial charge in [-0.15, -0.1) is 0 Å². The molecule has 3 nitrogen and oxygen atoms in total. The van der Waals surface area contributed by atoms with Crippen molar-refractivity contribution in [3.63, 3.8) is 0 Å². The molecule has 0 aromatic rings. The molecular formula is C14H28O3. The second-order valence-corrected chi connectivity index (χ2v) is 5.81. The highest BCUT2D eigenvalue weighted by molar-refractivity contribution is 4.81. The van der Waals surface area contributed by atoms with Crippen LogP contribution in [0.4, 0.5) is 0 Å². The first-order valence-electron chi connectivity index (χ1n) is 6.83. The molecule has 0 bridgehead atoms. The van der Waals surface area contributed by atoms with Gasteiger partial charge in [0.15, 0.2) is 0 Å². The quantitative estimate of drug-likeness (QED) is 0.780. The Morgan fingerprint density at radius 1 is 1.24 bits per heavy atom. The molecule has 1 N–H and O–H groups in total. The van der Waals surface area contributed by atoms with Gasteiger partial charge >= 0.3 is 0 Å². The van der Waals surface area contributed by atoms with Gasteiger partial charge in [0.1, 0.15) is 6.10 Å². The Balaban J connectivity index is 2.41. The first kappa shape index (κ1) is 14.9. The molecule has 0 spiro atoms. The van der Waals surface area contributed by atoms with Gasteiger partial charge in [-0.25, -0.2) is 0 Å². The van der Waals surface area contributed by atoms with Crippen molar-refractivity contribution >= 4 is 0 Å². The average Bonchev–Trinajstić information content (AvgIpc) is 2.26. The summed E-state index contributed by atoms with van der Waals surface area (Å²) >= 11 is 0. The lowest BCUT2D eigenvalue weighted by Gasteiger charge is -2.37. The summed E-state index contributed by atoms with van der Waals surface area (Å²) in [7, 11) is 1.60. The highest BCUT2D eigenvalue weighted by Gasteiger charge is 2.31. The van der Waals surface area contributed by atoms with E-state index < -0.39 is 6.10 Å². The molecule has 3 heteroatoms. The predicted octanol–water partition coefficient (Wildman–Crippen LogP) is 2.47. The Morgan fingerprint density at radius 3 is 2.53 bits per heavy atom. The van der Waals surface area contributed by atoms with E-state index in [-0.39, 0.29) is 0 Å². The van der Waals surface area contributed by atoms with E-state index in [0.717, 1.165) is 12.3 Å². The van der Waals surface area contributed by atoms with Gasteiger partial charge in [0.25, 0.3) is 0 Å². The van der Waals surface area contributed by atoms with Gasteiger partial charge in [-0.2, -0.15) is 0 Å². The van der Waals surface area contributed by atoms with Crippen LogP contribution in [0.2, 0.25) is 0 Å². The van der Waals surface area contributed by atoms with E-state index in [1.54, 1.807) is 7.11 Å². The zero-order valence-corrected chi connectivity index (χ0v) is 11.7. The van der Waals surface area contributed by atoms with Crippen LogP contribution in [-0.4, -0.2) is 37.6 Å². The zero-order valence-electron chi connectivity index (χ0n) is 11.7. The third kappa shape index (κ3) is 4.94. The van der Waals surface area contributed by atoms with Gasteiger partial charge in [-0.1, -0.05) is 27.2 Å². The maximum absolute atomic E-state index is 9.62.